The van der Waals surface area contributed by atoms with Gasteiger partial charge in [-0.2, -0.15) is 0 Å². The van der Waals surface area contributed by atoms with E-state index in [1.54, 1.807) is 12.1 Å². The first kappa shape index (κ1) is 27.5. The Kier molecular flexibility index (Phi) is 4.64. The van der Waals surface area contributed by atoms with Crippen molar-refractivity contribution in [3.8, 4) is 23.0 Å². The maximum absolute atomic E-state index is 13.5. The third-order valence-corrected chi connectivity index (χ3v) is 15.7. The number of benzene rings is 2. The lowest BCUT2D eigenvalue weighted by Crippen LogP contribution is -2.75. The molecule has 5 heterocycles. The number of rotatable bonds is 4. The quantitative estimate of drug-likeness (QED) is 0.286. The first-order valence-electron chi connectivity index (χ1n) is 19.0. The molecule has 4 bridgehead atoms. The van der Waals surface area contributed by atoms with E-state index >= 15 is 0 Å². The van der Waals surface area contributed by atoms with Gasteiger partial charge in [0.15, 0.2) is 35.2 Å². The number of likely N-dealkylation sites (tertiary alicyclic amines) is 2. The average Bonchev–Trinajstić information content (AvgIpc) is 3.98. The van der Waals surface area contributed by atoms with Crippen LogP contribution >= 0.6 is 0 Å². The molecule has 2 unspecified atom stereocenters. The number of piperidine rings is 2. The van der Waals surface area contributed by atoms with Gasteiger partial charge in [-0.1, -0.05) is 12.1 Å². The third kappa shape index (κ3) is 2.87. The van der Waals surface area contributed by atoms with Crippen molar-refractivity contribution in [2.24, 2.45) is 11.8 Å². The number of hydrogen-bond donors (Lipinski definition) is 5. The Morgan fingerprint density at radius 3 is 1.55 bits per heavy atom. The number of aliphatic hydroxyl groups is 2. The highest BCUT2D eigenvalue weighted by Gasteiger charge is 2.76. The van der Waals surface area contributed by atoms with Gasteiger partial charge in [-0.3, -0.25) is 9.80 Å². The Hall–Kier alpha value is -3.24. The molecular formula is C40H43N3O6. The van der Waals surface area contributed by atoms with Crippen LogP contribution in [0.1, 0.15) is 95.5 Å². The van der Waals surface area contributed by atoms with Gasteiger partial charge in [0.1, 0.15) is 0 Å². The van der Waals surface area contributed by atoms with E-state index in [2.05, 4.69) is 26.9 Å². The number of fused-ring (bicyclic) bond motifs is 5. The number of aromatic amines is 1. The van der Waals surface area contributed by atoms with Gasteiger partial charge in [0.25, 0.3) is 0 Å². The Morgan fingerprint density at radius 2 is 1.12 bits per heavy atom. The van der Waals surface area contributed by atoms with Gasteiger partial charge < -0.3 is 34.9 Å². The van der Waals surface area contributed by atoms with Crippen LogP contribution in [0.15, 0.2) is 24.3 Å². The van der Waals surface area contributed by atoms with Gasteiger partial charge in [-0.05, 0) is 111 Å². The van der Waals surface area contributed by atoms with Gasteiger partial charge in [0, 0.05) is 49.1 Å². The Labute approximate surface area is 284 Å². The summed E-state index contributed by atoms with van der Waals surface area (Å²) in [6.07, 6.45) is 8.06. The van der Waals surface area contributed by atoms with Gasteiger partial charge >= 0.3 is 0 Å². The molecule has 9 nitrogen and oxygen atoms in total. The number of aromatic hydroxyl groups is 2. The smallest absolute Gasteiger partial charge is 0.166 e. The maximum Gasteiger partial charge on any atom is 0.166 e. The summed E-state index contributed by atoms with van der Waals surface area (Å²) >= 11 is 0. The molecule has 5 N–H and O–H groups in total. The summed E-state index contributed by atoms with van der Waals surface area (Å²) in [6.45, 7) is 3.84. The van der Waals surface area contributed by atoms with Crippen LogP contribution in [-0.4, -0.2) is 84.7 Å². The number of nitrogens with one attached hydrogen (secondary N) is 1. The molecular weight excluding hydrogens is 618 g/mol. The molecule has 0 radical (unpaired) electrons. The molecule has 4 aliphatic heterocycles. The van der Waals surface area contributed by atoms with E-state index in [0.717, 1.165) is 85.5 Å². The molecule has 2 saturated carbocycles. The van der Waals surface area contributed by atoms with Crippen LogP contribution in [0.25, 0.3) is 0 Å². The molecule has 1 aromatic heterocycles. The summed E-state index contributed by atoms with van der Waals surface area (Å²) in [7, 11) is 0. The van der Waals surface area contributed by atoms with E-state index in [0.29, 0.717) is 36.2 Å². The molecule has 2 spiro atoms. The van der Waals surface area contributed by atoms with Crippen LogP contribution in [0.4, 0.5) is 0 Å². The van der Waals surface area contributed by atoms with Gasteiger partial charge in [0.2, 0.25) is 0 Å². The van der Waals surface area contributed by atoms with Crippen LogP contribution in [0.5, 0.6) is 23.0 Å². The first-order chi connectivity index (χ1) is 23.7. The number of H-pyrrole nitrogens is 1. The molecule has 4 fully saturated rings. The minimum absolute atomic E-state index is 0.0535. The van der Waals surface area contributed by atoms with E-state index in [1.807, 2.05) is 0 Å². The summed E-state index contributed by atoms with van der Waals surface area (Å²) in [5.74, 6) is 2.77. The summed E-state index contributed by atoms with van der Waals surface area (Å²) < 4.78 is 13.9. The van der Waals surface area contributed by atoms with Crippen LogP contribution in [0, 0.1) is 11.8 Å². The van der Waals surface area contributed by atoms with E-state index in [4.69, 9.17) is 9.47 Å². The number of ether oxygens (including phenoxy) is 2. The second-order valence-electron chi connectivity index (χ2n) is 17.8. The Balaban J connectivity index is 1.03. The van der Waals surface area contributed by atoms with E-state index in [9.17, 15) is 20.4 Å². The van der Waals surface area contributed by atoms with Crippen molar-refractivity contribution in [1.29, 1.82) is 0 Å². The minimum atomic E-state index is -1.09. The monoisotopic (exact) mass is 661 g/mol. The summed E-state index contributed by atoms with van der Waals surface area (Å²) in [6, 6.07) is 7.56. The number of phenols is 2. The number of phenolic OH excluding ortho intramolecular Hbond substituents is 2. The topological polar surface area (TPSA) is 122 Å². The molecule has 3 aromatic rings. The summed E-state index contributed by atoms with van der Waals surface area (Å²) in [5.41, 5.74) is 4.93. The highest BCUT2D eigenvalue weighted by Crippen LogP contribution is 2.72. The fourth-order valence-electron chi connectivity index (χ4n) is 13.4. The predicted molar refractivity (Wildman–Crippen MR) is 177 cm³/mol. The lowest BCUT2D eigenvalue weighted by molar-refractivity contribution is -0.176. The van der Waals surface area contributed by atoms with Crippen molar-refractivity contribution in [2.75, 3.05) is 26.2 Å². The average molecular weight is 662 g/mol. The van der Waals surface area contributed by atoms with Crippen molar-refractivity contribution >= 4 is 0 Å². The van der Waals surface area contributed by atoms with Crippen LogP contribution in [-0.2, 0) is 36.5 Å². The maximum atomic E-state index is 13.5. The Morgan fingerprint density at radius 1 is 0.673 bits per heavy atom. The highest BCUT2D eigenvalue weighted by molar-refractivity contribution is 5.68. The SMILES string of the molecule is Oc1ccc2c3c1O[C@H]1c4[nH]c5c(c4C[C@@]4(O)C(C2)N(CC2CC2)CC[C@]314)C[C@]1(O)C2Cc3ccc(O)c4c3[C@@]1(CCN2CC1CC1)[C@H]5O4. The second kappa shape index (κ2) is 8.28. The lowest BCUT2D eigenvalue weighted by Gasteiger charge is -2.63. The largest absolute Gasteiger partial charge is 0.504 e. The van der Waals surface area contributed by atoms with Crippen molar-refractivity contribution < 1.29 is 29.9 Å². The van der Waals surface area contributed by atoms with Crippen molar-refractivity contribution in [1.82, 2.24) is 14.8 Å². The number of nitrogens with zero attached hydrogens (tertiary/aromatic N) is 2. The van der Waals surface area contributed by atoms with Crippen molar-refractivity contribution in [2.45, 2.75) is 111 Å². The summed E-state index contributed by atoms with van der Waals surface area (Å²) in [4.78, 5) is 9.05. The number of aromatic nitrogens is 1. The molecule has 254 valence electrons. The molecule has 2 saturated heterocycles. The van der Waals surface area contributed by atoms with E-state index in [1.165, 1.54) is 36.8 Å². The third-order valence-electron chi connectivity index (χ3n) is 15.7. The fraction of sp³-hybridized carbons (Fsp3) is 0.600. The highest BCUT2D eigenvalue weighted by atomic mass is 16.5. The van der Waals surface area contributed by atoms with Crippen LogP contribution < -0.4 is 9.47 Å². The van der Waals surface area contributed by atoms with E-state index < -0.39 is 34.2 Å². The molecule has 6 aliphatic carbocycles. The van der Waals surface area contributed by atoms with Crippen LogP contribution in [0.2, 0.25) is 0 Å². The minimum Gasteiger partial charge on any atom is -0.504 e. The van der Waals surface area contributed by atoms with Crippen LogP contribution in [0.3, 0.4) is 0 Å². The lowest BCUT2D eigenvalue weighted by atomic mass is 9.47. The van der Waals surface area contributed by atoms with Gasteiger partial charge in [-0.25, -0.2) is 0 Å². The van der Waals surface area contributed by atoms with Crippen molar-refractivity contribution in [3.05, 3.63) is 69.0 Å². The molecule has 8 atom stereocenters. The molecule has 13 rings (SSSR count). The van der Waals surface area contributed by atoms with Crippen molar-refractivity contribution in [3.63, 3.8) is 0 Å². The predicted octanol–water partition coefficient (Wildman–Crippen LogP) is 3.82. The molecule has 10 aliphatic rings. The standard InChI is InChI=1S/C40H43N3O6/c44-25-7-5-21-13-27-39(46)15-23-24-16-40(47)28-14-22-6-8-26(45)34-30(22)38(40,10-12-43(28)18-20-3-4-20)36(49-34)32(24)41-31(23)35-37(39,29(21)33(25)48-35)9-11-42(27)17-19-1-2-19/h5-8,19-20,27-28,35-36,41,44-47H,1-4,9-18H2/t27?,28?,35-,36-,37-,38-,39-,40+/m0/s1. The fourth-order valence-corrected chi connectivity index (χ4v) is 13.4. The van der Waals surface area contributed by atoms with E-state index in [-0.39, 0.29) is 23.6 Å². The second-order valence-corrected chi connectivity index (χ2v) is 17.8. The molecule has 49 heavy (non-hydrogen) atoms. The van der Waals surface area contributed by atoms with Gasteiger partial charge in [0.05, 0.1) is 33.4 Å². The zero-order valence-electron chi connectivity index (χ0n) is 27.7. The van der Waals surface area contributed by atoms with Gasteiger partial charge in [-0.15, -0.1) is 0 Å². The zero-order valence-corrected chi connectivity index (χ0v) is 27.7. The molecule has 0 amide bonds. The zero-order chi connectivity index (χ0) is 32.4. The normalized spacial score (nSPS) is 41.3. The molecule has 9 heteroatoms. The summed E-state index contributed by atoms with van der Waals surface area (Å²) in [5, 5.41) is 49.4. The molecule has 2 aromatic carbocycles. The Bertz CT molecular complexity index is 1910. The number of hydrogen-bond acceptors (Lipinski definition) is 8. The first-order valence-corrected chi connectivity index (χ1v) is 19.0.